The van der Waals surface area contributed by atoms with Crippen LogP contribution in [-0.4, -0.2) is 15.0 Å². The first-order valence-electron chi connectivity index (χ1n) is 14.4. The van der Waals surface area contributed by atoms with Gasteiger partial charge in [-0.25, -0.2) is 15.0 Å². The van der Waals surface area contributed by atoms with Gasteiger partial charge in [0, 0.05) is 32.8 Å². The lowest BCUT2D eigenvalue weighted by molar-refractivity contribution is 0.669. The van der Waals surface area contributed by atoms with Crippen LogP contribution in [0.2, 0.25) is 0 Å². The highest BCUT2D eigenvalue weighted by Gasteiger charge is 2.20. The molecule has 0 atom stereocenters. The average Bonchev–Trinajstić information content (AvgIpc) is 3.46. The maximum absolute atomic E-state index is 6.49. The Balaban J connectivity index is 1.42. The summed E-state index contributed by atoms with van der Waals surface area (Å²) in [6.45, 7) is 0. The molecule has 0 bridgehead atoms. The third-order valence-corrected chi connectivity index (χ3v) is 8.31. The van der Waals surface area contributed by atoms with Gasteiger partial charge in [-0.2, -0.15) is 0 Å². The molecule has 0 aliphatic carbocycles. The molecule has 0 spiro atoms. The minimum atomic E-state index is 0.611. The fourth-order valence-electron chi connectivity index (χ4n) is 6.34. The first kappa shape index (κ1) is 23.8. The number of nitrogens with zero attached hydrogens (tertiary/aromatic N) is 3. The highest BCUT2D eigenvalue weighted by atomic mass is 16.3. The summed E-state index contributed by atoms with van der Waals surface area (Å²) in [6, 6.07) is 48.0. The second-order valence-corrected chi connectivity index (χ2v) is 10.8. The summed E-state index contributed by atoms with van der Waals surface area (Å²) in [5, 5.41) is 9.02. The molecule has 0 aliphatic rings. The zero-order chi connectivity index (χ0) is 28.3. The molecule has 9 aromatic rings. The molecule has 0 saturated heterocycles. The Morgan fingerprint density at radius 1 is 0.372 bits per heavy atom. The molecule has 0 unspecified atom stereocenters. The maximum Gasteiger partial charge on any atom is 0.164 e. The van der Waals surface area contributed by atoms with Crippen molar-refractivity contribution < 1.29 is 4.42 Å². The van der Waals surface area contributed by atoms with Gasteiger partial charge in [-0.3, -0.25) is 0 Å². The molecule has 0 aliphatic heterocycles. The Bertz CT molecular complexity index is 2510. The first-order valence-corrected chi connectivity index (χ1v) is 14.4. The molecule has 4 heteroatoms. The molecule has 9 rings (SSSR count). The van der Waals surface area contributed by atoms with E-state index in [0.717, 1.165) is 60.2 Å². The van der Waals surface area contributed by atoms with E-state index in [0.29, 0.717) is 17.5 Å². The van der Waals surface area contributed by atoms with E-state index in [1.807, 2.05) is 42.5 Å². The number of benzene rings is 7. The van der Waals surface area contributed by atoms with Crippen LogP contribution in [0.4, 0.5) is 0 Å². The Kier molecular flexibility index (Phi) is 5.16. The lowest BCUT2D eigenvalue weighted by atomic mass is 9.94. The number of hydrogen-bond donors (Lipinski definition) is 0. The summed E-state index contributed by atoms with van der Waals surface area (Å²) in [6.07, 6.45) is 0. The molecule has 0 fully saturated rings. The number of rotatable bonds is 3. The van der Waals surface area contributed by atoms with Crippen molar-refractivity contribution in [2.24, 2.45) is 0 Å². The van der Waals surface area contributed by atoms with Crippen molar-refractivity contribution in [1.82, 2.24) is 15.0 Å². The van der Waals surface area contributed by atoms with E-state index < -0.39 is 0 Å². The van der Waals surface area contributed by atoms with E-state index in [9.17, 15) is 0 Å². The summed E-state index contributed by atoms with van der Waals surface area (Å²) in [5.41, 5.74) is 4.49. The molecule has 7 aromatic carbocycles. The van der Waals surface area contributed by atoms with Gasteiger partial charge >= 0.3 is 0 Å². The van der Waals surface area contributed by atoms with Crippen molar-refractivity contribution in [2.45, 2.75) is 0 Å². The Hall–Kier alpha value is -5.87. The van der Waals surface area contributed by atoms with E-state index in [1.165, 1.54) is 10.8 Å². The van der Waals surface area contributed by atoms with Gasteiger partial charge in [0.1, 0.15) is 11.2 Å². The molecular formula is C39H23N3O. The van der Waals surface area contributed by atoms with Crippen LogP contribution in [0.15, 0.2) is 144 Å². The number of hydrogen-bond acceptors (Lipinski definition) is 4. The smallest absolute Gasteiger partial charge is 0.164 e. The van der Waals surface area contributed by atoms with Gasteiger partial charge in [-0.05, 0) is 39.1 Å². The van der Waals surface area contributed by atoms with Gasteiger partial charge in [0.15, 0.2) is 17.5 Å². The molecule has 0 N–H and O–H groups in total. The van der Waals surface area contributed by atoms with Crippen LogP contribution in [0, 0.1) is 0 Å². The van der Waals surface area contributed by atoms with E-state index in [-0.39, 0.29) is 0 Å². The van der Waals surface area contributed by atoms with Gasteiger partial charge in [-0.15, -0.1) is 0 Å². The van der Waals surface area contributed by atoms with E-state index in [4.69, 9.17) is 19.4 Å². The second-order valence-electron chi connectivity index (χ2n) is 10.8. The molecule has 4 nitrogen and oxygen atoms in total. The van der Waals surface area contributed by atoms with Gasteiger partial charge < -0.3 is 4.42 Å². The predicted molar refractivity (Wildman–Crippen MR) is 176 cm³/mol. The fraction of sp³-hybridized carbons (Fsp3) is 0. The number of para-hydroxylation sites is 1. The van der Waals surface area contributed by atoms with Crippen LogP contribution in [0.25, 0.3) is 88.4 Å². The van der Waals surface area contributed by atoms with Crippen molar-refractivity contribution in [3.63, 3.8) is 0 Å². The molecule has 0 saturated carbocycles. The molecule has 0 amide bonds. The van der Waals surface area contributed by atoms with Gasteiger partial charge in [0.25, 0.3) is 0 Å². The van der Waals surface area contributed by atoms with Gasteiger partial charge in [0.05, 0.1) is 0 Å². The quantitative estimate of drug-likeness (QED) is 0.206. The van der Waals surface area contributed by atoms with Gasteiger partial charge in [-0.1, -0.05) is 127 Å². The molecule has 2 aromatic heterocycles. The largest absolute Gasteiger partial charge is 0.456 e. The summed E-state index contributed by atoms with van der Waals surface area (Å²) >= 11 is 0. The van der Waals surface area contributed by atoms with Crippen LogP contribution < -0.4 is 0 Å². The molecule has 200 valence electrons. The van der Waals surface area contributed by atoms with Crippen LogP contribution in [0.3, 0.4) is 0 Å². The maximum atomic E-state index is 6.49. The lowest BCUT2D eigenvalue weighted by Crippen LogP contribution is -2.01. The Morgan fingerprint density at radius 2 is 1.00 bits per heavy atom. The Morgan fingerprint density at radius 3 is 1.84 bits per heavy atom. The van der Waals surface area contributed by atoms with Crippen LogP contribution in [-0.2, 0) is 0 Å². The Labute approximate surface area is 246 Å². The van der Waals surface area contributed by atoms with Crippen molar-refractivity contribution in [2.75, 3.05) is 0 Å². The molecular weight excluding hydrogens is 526 g/mol. The van der Waals surface area contributed by atoms with E-state index >= 15 is 0 Å². The van der Waals surface area contributed by atoms with Crippen molar-refractivity contribution in [3.05, 3.63) is 140 Å². The number of furan rings is 1. The summed E-state index contributed by atoms with van der Waals surface area (Å²) < 4.78 is 6.49. The van der Waals surface area contributed by atoms with Crippen molar-refractivity contribution in [1.29, 1.82) is 0 Å². The first-order chi connectivity index (χ1) is 21.3. The second kappa shape index (κ2) is 9.33. The van der Waals surface area contributed by atoms with Gasteiger partial charge in [0.2, 0.25) is 0 Å². The fourth-order valence-corrected chi connectivity index (χ4v) is 6.34. The van der Waals surface area contributed by atoms with E-state index in [1.54, 1.807) is 0 Å². The summed E-state index contributed by atoms with van der Waals surface area (Å²) in [4.78, 5) is 15.3. The minimum Gasteiger partial charge on any atom is -0.456 e. The lowest BCUT2D eigenvalue weighted by Gasteiger charge is -2.13. The standard InChI is InChI=1S/C39H23N3O/c1-2-13-26(14-3-1)37-40-38(30-19-10-15-24-11-4-6-16-27(24)30)42-39(41-37)32-23-34-36(31-18-8-9-20-33(31)43-34)35-28-17-7-5-12-25(28)21-22-29(32)35/h1-23H. The minimum absolute atomic E-state index is 0.611. The topological polar surface area (TPSA) is 51.8 Å². The van der Waals surface area contributed by atoms with Crippen LogP contribution in [0.5, 0.6) is 0 Å². The highest BCUT2D eigenvalue weighted by Crippen LogP contribution is 2.42. The zero-order valence-electron chi connectivity index (χ0n) is 23.0. The number of fused-ring (bicyclic) bond motifs is 8. The molecule has 0 radical (unpaired) electrons. The number of aromatic nitrogens is 3. The normalized spacial score (nSPS) is 11.7. The third-order valence-electron chi connectivity index (χ3n) is 8.31. The predicted octanol–water partition coefficient (Wildman–Crippen LogP) is 10.2. The highest BCUT2D eigenvalue weighted by molar-refractivity contribution is 6.29. The van der Waals surface area contributed by atoms with Crippen LogP contribution >= 0.6 is 0 Å². The zero-order valence-corrected chi connectivity index (χ0v) is 23.0. The summed E-state index contributed by atoms with van der Waals surface area (Å²) in [7, 11) is 0. The molecule has 43 heavy (non-hydrogen) atoms. The van der Waals surface area contributed by atoms with Crippen molar-refractivity contribution in [3.8, 4) is 34.2 Å². The average molecular weight is 550 g/mol. The summed E-state index contributed by atoms with van der Waals surface area (Å²) in [5.74, 6) is 1.88. The van der Waals surface area contributed by atoms with Crippen LogP contribution in [0.1, 0.15) is 0 Å². The SMILES string of the molecule is c1ccc(-c2nc(-c3cccc4ccccc34)nc(-c3cc4oc5ccccc5c4c4c3ccc3ccccc34)n2)cc1. The van der Waals surface area contributed by atoms with E-state index in [2.05, 4.69) is 97.1 Å². The van der Waals surface area contributed by atoms with Crippen molar-refractivity contribution >= 4 is 54.3 Å². The third kappa shape index (κ3) is 3.74. The molecule has 2 heterocycles. The monoisotopic (exact) mass is 549 g/mol.